The maximum absolute atomic E-state index is 11.5. The summed E-state index contributed by atoms with van der Waals surface area (Å²) < 4.78 is 11.1. The molecule has 2 rings (SSSR count). The average molecular weight is 361 g/mol. The van der Waals surface area contributed by atoms with Crippen molar-refractivity contribution in [3.8, 4) is 11.5 Å². The summed E-state index contributed by atoms with van der Waals surface area (Å²) in [5.41, 5.74) is 0.720. The lowest BCUT2D eigenvalue weighted by Crippen LogP contribution is -2.27. The molecule has 2 aromatic rings. The predicted octanol–water partition coefficient (Wildman–Crippen LogP) is 4.45. The van der Waals surface area contributed by atoms with E-state index in [1.807, 2.05) is 36.4 Å². The summed E-state index contributed by atoms with van der Waals surface area (Å²) in [7, 11) is 3.38. The Bertz CT molecular complexity index is 698. The minimum absolute atomic E-state index is 0.169. The number of carbonyl (C=O) groups excluding carboxylic acids is 1. The van der Waals surface area contributed by atoms with Gasteiger partial charge in [0, 0.05) is 24.8 Å². The molecule has 0 aliphatic carbocycles. The molecular formula is C19H21ClN2O3. The van der Waals surface area contributed by atoms with Crippen LogP contribution in [0.3, 0.4) is 0 Å². The number of carbonyl (C=O) groups is 1. The standard InChI is InChI=1S/C19H21ClN2O3/c1-22(2)19(23)21-16-7-11-18(12-8-16)25-14-4-3-13-24-17-9-5-15(20)6-10-17/h3-12H,13-14H2,1-2H3,(H,21,23)/b4-3+. The van der Waals surface area contributed by atoms with Crippen molar-refractivity contribution in [1.29, 1.82) is 0 Å². The molecule has 25 heavy (non-hydrogen) atoms. The maximum Gasteiger partial charge on any atom is 0.321 e. The lowest BCUT2D eigenvalue weighted by Gasteiger charge is -2.12. The van der Waals surface area contributed by atoms with Gasteiger partial charge < -0.3 is 19.7 Å². The van der Waals surface area contributed by atoms with Gasteiger partial charge in [-0.3, -0.25) is 0 Å². The Labute approximate surface area is 152 Å². The van der Waals surface area contributed by atoms with Crippen LogP contribution < -0.4 is 14.8 Å². The molecule has 132 valence electrons. The molecule has 0 fully saturated rings. The quantitative estimate of drug-likeness (QED) is 0.742. The minimum atomic E-state index is -0.169. The molecule has 0 radical (unpaired) electrons. The van der Waals surface area contributed by atoms with Crippen LogP contribution >= 0.6 is 11.6 Å². The zero-order valence-electron chi connectivity index (χ0n) is 14.2. The van der Waals surface area contributed by atoms with E-state index in [0.717, 1.165) is 17.2 Å². The Morgan fingerprint density at radius 3 is 1.92 bits per heavy atom. The first kappa shape index (κ1) is 18.7. The number of hydrogen-bond donors (Lipinski definition) is 1. The molecule has 1 N–H and O–H groups in total. The third kappa shape index (κ3) is 6.77. The predicted molar refractivity (Wildman–Crippen MR) is 101 cm³/mol. The number of halogens is 1. The van der Waals surface area contributed by atoms with Gasteiger partial charge in [-0.15, -0.1) is 0 Å². The van der Waals surface area contributed by atoms with Crippen molar-refractivity contribution in [3.05, 3.63) is 65.7 Å². The number of ether oxygens (including phenoxy) is 2. The van der Waals surface area contributed by atoms with Crippen LogP contribution in [0.4, 0.5) is 10.5 Å². The Hall–Kier alpha value is -2.66. The SMILES string of the molecule is CN(C)C(=O)Nc1ccc(OC/C=C/COc2ccc(Cl)cc2)cc1. The maximum atomic E-state index is 11.5. The van der Waals surface area contributed by atoms with Crippen LogP contribution in [0.15, 0.2) is 60.7 Å². The van der Waals surface area contributed by atoms with Crippen LogP contribution in [-0.2, 0) is 0 Å². The topological polar surface area (TPSA) is 50.8 Å². The van der Waals surface area contributed by atoms with E-state index in [0.29, 0.717) is 18.2 Å². The average Bonchev–Trinajstić information content (AvgIpc) is 2.60. The highest BCUT2D eigenvalue weighted by atomic mass is 35.5. The van der Waals surface area contributed by atoms with Crippen LogP contribution in [0.1, 0.15) is 0 Å². The molecule has 0 unspecified atom stereocenters. The van der Waals surface area contributed by atoms with Gasteiger partial charge in [-0.25, -0.2) is 4.79 Å². The van der Waals surface area contributed by atoms with Gasteiger partial charge in [0.2, 0.25) is 0 Å². The second-order valence-electron chi connectivity index (χ2n) is 5.40. The van der Waals surface area contributed by atoms with E-state index in [2.05, 4.69) is 5.32 Å². The fraction of sp³-hybridized carbons (Fsp3) is 0.211. The second-order valence-corrected chi connectivity index (χ2v) is 5.83. The van der Waals surface area contributed by atoms with Gasteiger partial charge >= 0.3 is 6.03 Å². The monoisotopic (exact) mass is 360 g/mol. The van der Waals surface area contributed by atoms with E-state index < -0.39 is 0 Å². The number of urea groups is 1. The van der Waals surface area contributed by atoms with Crippen molar-refractivity contribution in [3.63, 3.8) is 0 Å². The van der Waals surface area contributed by atoms with Gasteiger partial charge in [0.15, 0.2) is 0 Å². The molecule has 0 bridgehead atoms. The molecule has 0 saturated heterocycles. The van der Waals surface area contributed by atoms with Crippen LogP contribution in [-0.4, -0.2) is 38.2 Å². The Morgan fingerprint density at radius 1 is 0.960 bits per heavy atom. The molecule has 0 aliphatic rings. The van der Waals surface area contributed by atoms with E-state index in [9.17, 15) is 4.79 Å². The fourth-order valence-corrected chi connectivity index (χ4v) is 1.95. The number of rotatable bonds is 7. The third-order valence-corrected chi connectivity index (χ3v) is 3.44. The van der Waals surface area contributed by atoms with Gasteiger partial charge in [0.1, 0.15) is 24.7 Å². The summed E-state index contributed by atoms with van der Waals surface area (Å²) in [5.74, 6) is 1.50. The Balaban J connectivity index is 1.68. The van der Waals surface area contributed by atoms with Crippen LogP contribution in [0, 0.1) is 0 Å². The van der Waals surface area contributed by atoms with E-state index in [4.69, 9.17) is 21.1 Å². The summed E-state index contributed by atoms with van der Waals surface area (Å²) in [4.78, 5) is 13.0. The molecule has 0 saturated carbocycles. The van der Waals surface area contributed by atoms with Gasteiger partial charge in [-0.1, -0.05) is 11.6 Å². The molecule has 0 heterocycles. The smallest absolute Gasteiger partial charge is 0.321 e. The van der Waals surface area contributed by atoms with Crippen LogP contribution in [0.25, 0.3) is 0 Å². The molecule has 2 amide bonds. The summed E-state index contributed by atoms with van der Waals surface area (Å²) in [6.07, 6.45) is 3.78. The molecule has 0 aliphatic heterocycles. The van der Waals surface area contributed by atoms with Crippen LogP contribution in [0.2, 0.25) is 5.02 Å². The van der Waals surface area contributed by atoms with E-state index in [1.54, 1.807) is 38.4 Å². The highest BCUT2D eigenvalue weighted by molar-refractivity contribution is 6.30. The van der Waals surface area contributed by atoms with Crippen molar-refractivity contribution in [2.75, 3.05) is 32.6 Å². The normalized spacial score (nSPS) is 10.5. The number of benzene rings is 2. The van der Waals surface area contributed by atoms with E-state index in [1.165, 1.54) is 4.90 Å². The Kier molecular flexibility index (Phi) is 7.16. The van der Waals surface area contributed by atoms with Crippen molar-refractivity contribution in [2.45, 2.75) is 0 Å². The van der Waals surface area contributed by atoms with Crippen molar-refractivity contribution >= 4 is 23.3 Å². The highest BCUT2D eigenvalue weighted by Gasteiger charge is 2.03. The van der Waals surface area contributed by atoms with E-state index in [-0.39, 0.29) is 6.03 Å². The number of nitrogens with zero attached hydrogens (tertiary/aromatic N) is 1. The number of nitrogens with one attached hydrogen (secondary N) is 1. The zero-order valence-corrected chi connectivity index (χ0v) is 15.0. The van der Waals surface area contributed by atoms with Crippen molar-refractivity contribution in [1.82, 2.24) is 4.90 Å². The molecule has 0 spiro atoms. The minimum Gasteiger partial charge on any atom is -0.490 e. The first-order chi connectivity index (χ1) is 12.0. The number of hydrogen-bond acceptors (Lipinski definition) is 3. The number of anilines is 1. The number of amides is 2. The summed E-state index contributed by atoms with van der Waals surface area (Å²) in [6.45, 7) is 0.897. The van der Waals surface area contributed by atoms with Crippen molar-refractivity contribution < 1.29 is 14.3 Å². The molecule has 6 heteroatoms. The first-order valence-corrected chi connectivity index (χ1v) is 8.17. The van der Waals surface area contributed by atoms with Gasteiger partial charge in [-0.2, -0.15) is 0 Å². The molecule has 0 atom stereocenters. The molecule has 2 aromatic carbocycles. The zero-order chi connectivity index (χ0) is 18.1. The van der Waals surface area contributed by atoms with Crippen molar-refractivity contribution in [2.24, 2.45) is 0 Å². The lowest BCUT2D eigenvalue weighted by atomic mass is 10.3. The largest absolute Gasteiger partial charge is 0.490 e. The van der Waals surface area contributed by atoms with E-state index >= 15 is 0 Å². The van der Waals surface area contributed by atoms with Gasteiger partial charge in [0.05, 0.1) is 0 Å². The molecule has 5 nitrogen and oxygen atoms in total. The van der Waals surface area contributed by atoms with Crippen LogP contribution in [0.5, 0.6) is 11.5 Å². The molecular weight excluding hydrogens is 340 g/mol. The van der Waals surface area contributed by atoms with Gasteiger partial charge in [-0.05, 0) is 60.7 Å². The third-order valence-electron chi connectivity index (χ3n) is 3.18. The fourth-order valence-electron chi connectivity index (χ4n) is 1.83. The molecule has 0 aromatic heterocycles. The summed E-state index contributed by atoms with van der Waals surface area (Å²) >= 11 is 5.81. The lowest BCUT2D eigenvalue weighted by molar-refractivity contribution is 0.230. The second kappa shape index (κ2) is 9.59. The highest BCUT2D eigenvalue weighted by Crippen LogP contribution is 2.16. The summed E-state index contributed by atoms with van der Waals surface area (Å²) in [6, 6.07) is 14.3. The summed E-state index contributed by atoms with van der Waals surface area (Å²) in [5, 5.41) is 3.45. The Morgan fingerprint density at radius 2 is 1.44 bits per heavy atom. The first-order valence-electron chi connectivity index (χ1n) is 7.79. The van der Waals surface area contributed by atoms with Gasteiger partial charge in [0.25, 0.3) is 0 Å².